The molecule has 0 radical (unpaired) electrons. The number of carbonyl (C=O) groups is 2. The molecular formula is C24H43NO12. The zero-order valence-corrected chi connectivity index (χ0v) is 21.6. The largest absolute Gasteiger partial charge is 0.394 e. The fourth-order valence-corrected chi connectivity index (χ4v) is 4.20. The van der Waals surface area contributed by atoms with Crippen LogP contribution in [0.4, 0.5) is 0 Å². The second-order valence-electron chi connectivity index (χ2n) is 9.66. The van der Waals surface area contributed by atoms with E-state index >= 15 is 0 Å². The Balaban J connectivity index is 1.84. The zero-order valence-electron chi connectivity index (χ0n) is 21.6. The Morgan fingerprint density at radius 3 is 2.19 bits per heavy atom. The maximum atomic E-state index is 12.8. The van der Waals surface area contributed by atoms with Gasteiger partial charge in [-0.2, -0.15) is 0 Å². The molecule has 0 aromatic rings. The van der Waals surface area contributed by atoms with E-state index in [0.29, 0.717) is 25.7 Å². The van der Waals surface area contributed by atoms with Gasteiger partial charge in [-0.05, 0) is 33.1 Å². The quantitative estimate of drug-likeness (QED) is 0.126. The highest BCUT2D eigenvalue weighted by Crippen LogP contribution is 2.23. The number of aliphatic hydroxyl groups excluding tert-OH is 6. The van der Waals surface area contributed by atoms with Gasteiger partial charge in [0.1, 0.15) is 36.3 Å². The van der Waals surface area contributed by atoms with Gasteiger partial charge in [-0.1, -0.05) is 0 Å². The number of rotatable bonds is 15. The molecule has 2 fully saturated rings. The minimum atomic E-state index is -1.54. The third-order valence-corrected chi connectivity index (χ3v) is 6.56. The monoisotopic (exact) mass is 537 g/mol. The lowest BCUT2D eigenvalue weighted by Gasteiger charge is -2.39. The van der Waals surface area contributed by atoms with E-state index in [1.54, 1.807) is 11.8 Å². The summed E-state index contributed by atoms with van der Waals surface area (Å²) in [6, 6.07) is 0. The molecule has 0 unspecified atom stereocenters. The highest BCUT2D eigenvalue weighted by molar-refractivity contribution is 5.77. The van der Waals surface area contributed by atoms with Crippen LogP contribution >= 0.6 is 0 Å². The average Bonchev–Trinajstić information content (AvgIpc) is 2.85. The molecule has 0 spiro atoms. The van der Waals surface area contributed by atoms with Gasteiger partial charge in [-0.3, -0.25) is 4.79 Å². The van der Waals surface area contributed by atoms with Gasteiger partial charge in [0, 0.05) is 32.4 Å². The molecule has 2 heterocycles. The van der Waals surface area contributed by atoms with Gasteiger partial charge in [-0.25, -0.2) is 0 Å². The molecule has 13 heteroatoms. The highest BCUT2D eigenvalue weighted by Gasteiger charge is 2.44. The molecule has 2 aliphatic rings. The van der Waals surface area contributed by atoms with Crippen LogP contribution in [-0.4, -0.2) is 135 Å². The Kier molecular flexibility index (Phi) is 13.8. The van der Waals surface area contributed by atoms with E-state index in [2.05, 4.69) is 0 Å². The second-order valence-corrected chi connectivity index (χ2v) is 9.66. The van der Waals surface area contributed by atoms with Crippen LogP contribution in [0.2, 0.25) is 0 Å². The summed E-state index contributed by atoms with van der Waals surface area (Å²) >= 11 is 0. The molecule has 9 atom stereocenters. The lowest BCUT2D eigenvalue weighted by atomic mass is 9.99. The summed E-state index contributed by atoms with van der Waals surface area (Å²) in [5, 5.41) is 59.0. The average molecular weight is 538 g/mol. The second kappa shape index (κ2) is 16.0. The fourth-order valence-electron chi connectivity index (χ4n) is 4.20. The topological polar surface area (TPSA) is 196 Å². The van der Waals surface area contributed by atoms with Crippen molar-refractivity contribution in [3.8, 4) is 0 Å². The summed E-state index contributed by atoms with van der Waals surface area (Å²) in [5.41, 5.74) is 0. The van der Waals surface area contributed by atoms with Crippen LogP contribution in [0.15, 0.2) is 0 Å². The molecule has 0 aliphatic carbocycles. The number of amides is 1. The van der Waals surface area contributed by atoms with E-state index < -0.39 is 61.9 Å². The molecule has 1 amide bonds. The lowest BCUT2D eigenvalue weighted by Crippen LogP contribution is -2.59. The van der Waals surface area contributed by atoms with Crippen LogP contribution in [0.5, 0.6) is 0 Å². The Morgan fingerprint density at radius 1 is 0.838 bits per heavy atom. The van der Waals surface area contributed by atoms with Gasteiger partial charge < -0.3 is 59.3 Å². The number of hydrogen-bond donors (Lipinski definition) is 6. The van der Waals surface area contributed by atoms with Gasteiger partial charge >= 0.3 is 0 Å². The number of ketones is 1. The number of hydrogen-bond acceptors (Lipinski definition) is 12. The molecule has 2 rings (SSSR count). The number of nitrogens with zero attached hydrogens (tertiary/aromatic N) is 1. The van der Waals surface area contributed by atoms with Crippen molar-refractivity contribution in [2.24, 2.45) is 0 Å². The van der Waals surface area contributed by atoms with Crippen molar-refractivity contribution in [3.63, 3.8) is 0 Å². The van der Waals surface area contributed by atoms with Gasteiger partial charge in [0.05, 0.1) is 32.0 Å². The first kappa shape index (κ1) is 32.0. The Labute approximate surface area is 216 Å². The number of Topliss-reactive ketones (excluding diaryl/α,β-unsaturated/α-hetero) is 1. The van der Waals surface area contributed by atoms with E-state index in [4.69, 9.17) is 18.9 Å². The lowest BCUT2D eigenvalue weighted by molar-refractivity contribution is -0.301. The Morgan fingerprint density at radius 2 is 1.51 bits per heavy atom. The standard InChI is InChI=1S/C24H43NO12/c1-14(27)6-3-4-7-19(30)25(9-11-35-23-17(29)12-16(28)15(2)36-23)8-5-10-34-24-22(33)21(32)20(31)18(13-26)37-24/h15-18,20-24,26,28-29,31-33H,3-13H2,1-2H3/t15-,16-,17-,18+,20+,21-,22-,23+,24+/m0/s1. The SMILES string of the molecule is CC(=O)CCCCC(=O)N(CCCO[C@@H]1O[C@H](CO)[C@@H](O)[C@H](O)[C@@H]1O)CCO[C@@H]1O[C@@H](C)[C@@H](O)C[C@@H]1O. The molecule has 6 N–H and O–H groups in total. The molecular weight excluding hydrogens is 494 g/mol. The van der Waals surface area contributed by atoms with Crippen LogP contribution in [0.3, 0.4) is 0 Å². The molecule has 2 saturated heterocycles. The van der Waals surface area contributed by atoms with Crippen molar-refractivity contribution in [2.75, 3.05) is 32.9 Å². The molecule has 0 aromatic carbocycles. The number of aliphatic hydroxyl groups is 6. The van der Waals surface area contributed by atoms with Crippen LogP contribution in [0, 0.1) is 0 Å². The number of unbranched alkanes of at least 4 members (excludes halogenated alkanes) is 1. The van der Waals surface area contributed by atoms with E-state index in [1.165, 1.54) is 6.92 Å². The Hall–Kier alpha value is -1.26. The van der Waals surface area contributed by atoms with E-state index in [9.17, 15) is 40.2 Å². The van der Waals surface area contributed by atoms with Crippen molar-refractivity contribution >= 4 is 11.7 Å². The third-order valence-electron chi connectivity index (χ3n) is 6.56. The minimum absolute atomic E-state index is 0.0531. The molecule has 13 nitrogen and oxygen atoms in total. The molecule has 0 bridgehead atoms. The molecule has 0 aromatic heterocycles. The summed E-state index contributed by atoms with van der Waals surface area (Å²) in [7, 11) is 0. The van der Waals surface area contributed by atoms with Crippen molar-refractivity contribution < 1.29 is 59.2 Å². The van der Waals surface area contributed by atoms with Crippen LogP contribution in [0.25, 0.3) is 0 Å². The van der Waals surface area contributed by atoms with Crippen LogP contribution in [0.1, 0.15) is 52.4 Å². The maximum absolute atomic E-state index is 12.8. The molecule has 0 saturated carbocycles. The minimum Gasteiger partial charge on any atom is -0.394 e. The van der Waals surface area contributed by atoms with Crippen molar-refractivity contribution in [3.05, 3.63) is 0 Å². The van der Waals surface area contributed by atoms with Crippen LogP contribution in [-0.2, 0) is 28.5 Å². The fraction of sp³-hybridized carbons (Fsp3) is 0.917. The summed E-state index contributed by atoms with van der Waals surface area (Å²) in [5.74, 6) is -0.0812. The first-order valence-corrected chi connectivity index (χ1v) is 12.9. The normalized spacial score (nSPS) is 34.3. The molecule has 37 heavy (non-hydrogen) atoms. The summed E-state index contributed by atoms with van der Waals surface area (Å²) in [4.78, 5) is 25.5. The smallest absolute Gasteiger partial charge is 0.222 e. The van der Waals surface area contributed by atoms with Crippen LogP contribution < -0.4 is 0 Å². The Bertz CT molecular complexity index is 695. The highest BCUT2D eigenvalue weighted by atomic mass is 16.7. The first-order valence-electron chi connectivity index (χ1n) is 12.9. The molecule has 2 aliphatic heterocycles. The van der Waals surface area contributed by atoms with E-state index in [0.717, 1.165) is 0 Å². The van der Waals surface area contributed by atoms with Crippen molar-refractivity contribution in [2.45, 2.75) is 108 Å². The van der Waals surface area contributed by atoms with Crippen molar-refractivity contribution in [1.82, 2.24) is 4.90 Å². The zero-order chi connectivity index (χ0) is 27.5. The van der Waals surface area contributed by atoms with Gasteiger partial charge in [0.25, 0.3) is 0 Å². The summed E-state index contributed by atoms with van der Waals surface area (Å²) in [6.45, 7) is 3.23. The van der Waals surface area contributed by atoms with E-state index in [1.807, 2.05) is 0 Å². The summed E-state index contributed by atoms with van der Waals surface area (Å²) in [6.07, 6.45) is -7.76. The van der Waals surface area contributed by atoms with Gasteiger partial charge in [0.2, 0.25) is 5.91 Å². The third kappa shape index (κ3) is 10.1. The maximum Gasteiger partial charge on any atom is 0.222 e. The number of carbonyl (C=O) groups excluding carboxylic acids is 2. The predicted octanol–water partition coefficient (Wildman–Crippen LogP) is -1.96. The van der Waals surface area contributed by atoms with Gasteiger partial charge in [0.15, 0.2) is 12.6 Å². The predicted molar refractivity (Wildman–Crippen MR) is 127 cm³/mol. The van der Waals surface area contributed by atoms with Gasteiger partial charge in [-0.15, -0.1) is 0 Å². The van der Waals surface area contributed by atoms with E-state index in [-0.39, 0.29) is 50.8 Å². The van der Waals surface area contributed by atoms with Crippen molar-refractivity contribution in [1.29, 1.82) is 0 Å². The number of ether oxygens (including phenoxy) is 4. The first-order chi connectivity index (χ1) is 17.5. The molecule has 216 valence electrons. The summed E-state index contributed by atoms with van der Waals surface area (Å²) < 4.78 is 21.9.